The minimum atomic E-state index is -0.259. The molecular weight excluding hydrogens is 367 g/mol. The van der Waals surface area contributed by atoms with E-state index in [4.69, 9.17) is 0 Å². The van der Waals surface area contributed by atoms with Gasteiger partial charge in [-0.05, 0) is 56.7 Å². The van der Waals surface area contributed by atoms with Crippen LogP contribution in [0.15, 0.2) is 51.9 Å². The highest BCUT2D eigenvalue weighted by Gasteiger charge is 2.29. The summed E-state index contributed by atoms with van der Waals surface area (Å²) >= 11 is 3.42. The van der Waals surface area contributed by atoms with Crippen molar-refractivity contribution >= 4 is 39.1 Å². The van der Waals surface area contributed by atoms with Crippen LogP contribution in [0.5, 0.6) is 0 Å². The number of benzene rings is 2. The lowest BCUT2D eigenvalue weighted by Crippen LogP contribution is -2.42. The van der Waals surface area contributed by atoms with E-state index in [0.29, 0.717) is 5.56 Å². The van der Waals surface area contributed by atoms with E-state index in [1.165, 1.54) is 0 Å². The SMILES string of the molecule is CC1=CC(C)(C)N(C)c2cc(F)c(C=Nc3cccc(Br)c3)cc21. The van der Waals surface area contributed by atoms with Gasteiger partial charge in [0.25, 0.3) is 0 Å². The van der Waals surface area contributed by atoms with Crippen molar-refractivity contribution in [3.63, 3.8) is 0 Å². The van der Waals surface area contributed by atoms with Crippen molar-refractivity contribution in [1.29, 1.82) is 0 Å². The monoisotopic (exact) mass is 386 g/mol. The molecule has 0 unspecified atom stereocenters. The summed E-state index contributed by atoms with van der Waals surface area (Å²) in [7, 11) is 2.00. The summed E-state index contributed by atoms with van der Waals surface area (Å²) in [6, 6.07) is 11.1. The molecule has 0 aliphatic carbocycles. The van der Waals surface area contributed by atoms with E-state index in [1.807, 2.05) is 37.4 Å². The molecule has 0 saturated heterocycles. The molecule has 1 aliphatic rings. The molecule has 0 spiro atoms. The Labute approximate surface area is 150 Å². The number of nitrogens with zero attached hydrogens (tertiary/aromatic N) is 2. The first-order chi connectivity index (χ1) is 11.3. The van der Waals surface area contributed by atoms with Gasteiger partial charge in [0.05, 0.1) is 11.2 Å². The van der Waals surface area contributed by atoms with Crippen molar-refractivity contribution in [2.24, 2.45) is 4.99 Å². The van der Waals surface area contributed by atoms with E-state index in [1.54, 1.807) is 12.3 Å². The van der Waals surface area contributed by atoms with Gasteiger partial charge in [0.15, 0.2) is 0 Å². The molecule has 0 N–H and O–H groups in total. The summed E-state index contributed by atoms with van der Waals surface area (Å²) in [4.78, 5) is 6.50. The van der Waals surface area contributed by atoms with E-state index in [0.717, 1.165) is 27.0 Å². The zero-order chi connectivity index (χ0) is 17.5. The van der Waals surface area contributed by atoms with Crippen LogP contribution in [0.1, 0.15) is 31.9 Å². The molecule has 124 valence electrons. The van der Waals surface area contributed by atoms with Gasteiger partial charge in [-0.2, -0.15) is 0 Å². The largest absolute Gasteiger partial charge is 0.365 e. The summed E-state index contributed by atoms with van der Waals surface area (Å²) in [6.45, 7) is 6.32. The third-order valence-corrected chi connectivity index (χ3v) is 4.99. The van der Waals surface area contributed by atoms with Crippen molar-refractivity contribution in [3.05, 3.63) is 63.9 Å². The number of aliphatic imine (C=N–C) groups is 1. The first kappa shape index (κ1) is 16.9. The Bertz CT molecular complexity index is 853. The van der Waals surface area contributed by atoms with E-state index >= 15 is 0 Å². The van der Waals surface area contributed by atoms with E-state index in [2.05, 4.69) is 52.7 Å². The van der Waals surface area contributed by atoms with Gasteiger partial charge in [0, 0.05) is 34.5 Å². The highest BCUT2D eigenvalue weighted by molar-refractivity contribution is 9.10. The fourth-order valence-electron chi connectivity index (χ4n) is 2.99. The summed E-state index contributed by atoms with van der Waals surface area (Å²) in [6.07, 6.45) is 3.80. The third kappa shape index (κ3) is 3.16. The van der Waals surface area contributed by atoms with Gasteiger partial charge in [-0.15, -0.1) is 0 Å². The minimum absolute atomic E-state index is 0.130. The minimum Gasteiger partial charge on any atom is -0.365 e. The number of allylic oxidation sites excluding steroid dienone is 1. The lowest BCUT2D eigenvalue weighted by atomic mass is 9.88. The molecule has 2 aromatic rings. The molecule has 2 aromatic carbocycles. The van der Waals surface area contributed by atoms with Crippen molar-refractivity contribution in [1.82, 2.24) is 0 Å². The number of hydrogen-bond donors (Lipinski definition) is 0. The van der Waals surface area contributed by atoms with Gasteiger partial charge in [0.1, 0.15) is 5.82 Å². The third-order valence-electron chi connectivity index (χ3n) is 4.50. The number of fused-ring (bicyclic) bond motifs is 1. The van der Waals surface area contributed by atoms with Crippen molar-refractivity contribution in [3.8, 4) is 0 Å². The Kier molecular flexibility index (Phi) is 4.35. The molecule has 1 heterocycles. The second-order valence-electron chi connectivity index (χ2n) is 6.67. The molecule has 0 radical (unpaired) electrons. The average Bonchev–Trinajstić information content (AvgIpc) is 2.51. The summed E-state index contributed by atoms with van der Waals surface area (Å²) in [5.74, 6) is -0.259. The van der Waals surface area contributed by atoms with Crippen LogP contribution in [-0.4, -0.2) is 18.8 Å². The highest BCUT2D eigenvalue weighted by atomic mass is 79.9. The molecule has 0 fully saturated rings. The number of hydrogen-bond acceptors (Lipinski definition) is 2. The smallest absolute Gasteiger partial charge is 0.134 e. The maximum atomic E-state index is 14.6. The van der Waals surface area contributed by atoms with E-state index in [9.17, 15) is 4.39 Å². The number of rotatable bonds is 2. The first-order valence-electron chi connectivity index (χ1n) is 7.85. The molecule has 0 saturated carbocycles. The maximum absolute atomic E-state index is 14.6. The predicted octanol–water partition coefficient (Wildman–Crippen LogP) is 5.97. The molecule has 1 aliphatic heterocycles. The number of anilines is 1. The molecule has 4 heteroatoms. The van der Waals surface area contributed by atoms with Crippen LogP contribution in [-0.2, 0) is 0 Å². The van der Waals surface area contributed by atoms with Gasteiger partial charge in [-0.3, -0.25) is 4.99 Å². The van der Waals surface area contributed by atoms with Crippen LogP contribution in [0, 0.1) is 5.82 Å². The Hall–Kier alpha value is -1.94. The Balaban J connectivity index is 2.02. The first-order valence-corrected chi connectivity index (χ1v) is 8.64. The van der Waals surface area contributed by atoms with Crippen LogP contribution in [0.2, 0.25) is 0 Å². The molecule has 0 atom stereocenters. The van der Waals surface area contributed by atoms with Gasteiger partial charge in [-0.1, -0.05) is 28.1 Å². The average molecular weight is 387 g/mol. The second kappa shape index (κ2) is 6.17. The molecular formula is C20H20BrFN2. The normalized spacial score (nSPS) is 16.2. The van der Waals surface area contributed by atoms with Crippen LogP contribution < -0.4 is 4.90 Å². The Morgan fingerprint density at radius 3 is 2.67 bits per heavy atom. The van der Waals surface area contributed by atoms with Crippen molar-refractivity contribution in [2.75, 3.05) is 11.9 Å². The molecule has 24 heavy (non-hydrogen) atoms. The number of likely N-dealkylation sites (N-methyl/N-ethyl adjacent to an activating group) is 1. The van der Waals surface area contributed by atoms with Crippen molar-refractivity contribution in [2.45, 2.75) is 26.3 Å². The molecule has 0 amide bonds. The van der Waals surface area contributed by atoms with E-state index in [-0.39, 0.29) is 11.4 Å². The Morgan fingerprint density at radius 1 is 1.21 bits per heavy atom. The molecule has 2 nitrogen and oxygen atoms in total. The maximum Gasteiger partial charge on any atom is 0.134 e. The lowest BCUT2D eigenvalue weighted by molar-refractivity contribution is 0.589. The second-order valence-corrected chi connectivity index (χ2v) is 7.58. The van der Waals surface area contributed by atoms with E-state index < -0.39 is 0 Å². The van der Waals surface area contributed by atoms with Gasteiger partial charge < -0.3 is 4.90 Å². The number of halogens is 2. The molecule has 0 bridgehead atoms. The van der Waals surface area contributed by atoms with Crippen molar-refractivity contribution < 1.29 is 4.39 Å². The van der Waals surface area contributed by atoms with Gasteiger partial charge >= 0.3 is 0 Å². The van der Waals surface area contributed by atoms with Crippen LogP contribution in [0.3, 0.4) is 0 Å². The zero-order valence-corrected chi connectivity index (χ0v) is 15.9. The van der Waals surface area contributed by atoms with Crippen LogP contribution in [0.25, 0.3) is 5.57 Å². The highest BCUT2D eigenvalue weighted by Crippen LogP contribution is 2.38. The quantitative estimate of drug-likeness (QED) is 0.580. The predicted molar refractivity (Wildman–Crippen MR) is 104 cm³/mol. The molecule has 0 aromatic heterocycles. The fourth-order valence-corrected chi connectivity index (χ4v) is 3.37. The Morgan fingerprint density at radius 2 is 1.96 bits per heavy atom. The topological polar surface area (TPSA) is 15.6 Å². The van der Waals surface area contributed by atoms with Crippen LogP contribution in [0.4, 0.5) is 15.8 Å². The standard InChI is InChI=1S/C20H20BrFN2/c1-13-11-20(2,3)24(4)19-10-18(22)14(8-17(13)19)12-23-16-7-5-6-15(21)9-16/h5-12H,1-4H3. The van der Waals surface area contributed by atoms with Gasteiger partial charge in [-0.25, -0.2) is 4.39 Å². The fraction of sp³-hybridized carbons (Fsp3) is 0.250. The van der Waals surface area contributed by atoms with Gasteiger partial charge in [0.2, 0.25) is 0 Å². The summed E-state index contributed by atoms with van der Waals surface area (Å²) in [5, 5.41) is 0. The van der Waals surface area contributed by atoms with Crippen LogP contribution >= 0.6 is 15.9 Å². The molecule has 3 rings (SSSR count). The summed E-state index contributed by atoms with van der Waals surface area (Å²) in [5.41, 5.74) is 4.27. The lowest BCUT2D eigenvalue weighted by Gasteiger charge is -2.40. The summed E-state index contributed by atoms with van der Waals surface area (Å²) < 4.78 is 15.5. The zero-order valence-electron chi connectivity index (χ0n) is 14.3.